The second-order valence-electron chi connectivity index (χ2n) is 3.74. The molecule has 92 valence electrons. The van der Waals surface area contributed by atoms with E-state index in [2.05, 4.69) is 4.98 Å². The van der Waals surface area contributed by atoms with E-state index in [4.69, 9.17) is 10.2 Å². The predicted molar refractivity (Wildman–Crippen MR) is 59.8 cm³/mol. The Hall–Kier alpha value is -1.95. The number of aliphatic hydroxyl groups excluding tert-OH is 1. The van der Waals surface area contributed by atoms with Gasteiger partial charge in [-0.05, 0) is 19.1 Å². The number of carboxylic acids is 1. The molecule has 0 radical (unpaired) electrons. The van der Waals surface area contributed by atoms with Crippen molar-refractivity contribution >= 4 is 11.9 Å². The van der Waals surface area contributed by atoms with Crippen molar-refractivity contribution in [3.05, 3.63) is 29.6 Å². The number of carbonyl (C=O) groups excluding carboxylic acids is 1. The maximum atomic E-state index is 11.9. The van der Waals surface area contributed by atoms with Gasteiger partial charge in [-0.15, -0.1) is 0 Å². The third kappa shape index (κ3) is 3.25. The minimum absolute atomic E-state index is 0.120. The highest BCUT2D eigenvalue weighted by Crippen LogP contribution is 2.08. The molecule has 1 heterocycles. The lowest BCUT2D eigenvalue weighted by Gasteiger charge is -2.18. The van der Waals surface area contributed by atoms with E-state index in [1.807, 2.05) is 0 Å². The van der Waals surface area contributed by atoms with E-state index in [0.717, 1.165) is 0 Å². The number of carbonyl (C=O) groups is 2. The topological polar surface area (TPSA) is 90.7 Å². The van der Waals surface area contributed by atoms with Crippen molar-refractivity contribution < 1.29 is 19.8 Å². The van der Waals surface area contributed by atoms with Crippen LogP contribution in [0.5, 0.6) is 0 Å². The van der Waals surface area contributed by atoms with Gasteiger partial charge in [-0.25, -0.2) is 4.79 Å². The van der Waals surface area contributed by atoms with E-state index >= 15 is 0 Å². The van der Waals surface area contributed by atoms with Crippen LogP contribution in [0.2, 0.25) is 0 Å². The number of nitrogens with zero attached hydrogens (tertiary/aromatic N) is 2. The van der Waals surface area contributed by atoms with Crippen molar-refractivity contribution in [2.75, 3.05) is 13.6 Å². The maximum Gasteiger partial charge on any atom is 0.338 e. The fraction of sp³-hybridized carbons (Fsp3) is 0.364. The van der Waals surface area contributed by atoms with Gasteiger partial charge in [-0.3, -0.25) is 9.78 Å². The highest BCUT2D eigenvalue weighted by Gasteiger charge is 2.21. The van der Waals surface area contributed by atoms with Gasteiger partial charge in [0.1, 0.15) is 5.69 Å². The number of likely N-dealkylation sites (N-methyl/N-ethyl adjacent to an activating group) is 1. The molecule has 17 heavy (non-hydrogen) atoms. The minimum atomic E-state index is -1.20. The third-order valence-electron chi connectivity index (χ3n) is 2.13. The maximum absolute atomic E-state index is 11.9. The second-order valence-corrected chi connectivity index (χ2v) is 3.74. The number of hydrogen-bond donors (Lipinski definition) is 2. The van der Waals surface area contributed by atoms with E-state index in [1.165, 1.54) is 30.3 Å². The highest BCUT2D eigenvalue weighted by molar-refractivity contribution is 6.03. The summed E-state index contributed by atoms with van der Waals surface area (Å²) in [5.74, 6) is -1.73. The molecular formula is C11H14N2O4. The first-order valence-electron chi connectivity index (χ1n) is 5.05. The predicted octanol–water partition coefficient (Wildman–Crippen LogP) is 0.233. The first-order chi connectivity index (χ1) is 7.93. The summed E-state index contributed by atoms with van der Waals surface area (Å²) in [6.07, 6.45) is 0.677. The van der Waals surface area contributed by atoms with Crippen molar-refractivity contribution in [2.45, 2.75) is 13.0 Å². The standard InChI is InChI=1S/C11H14N2O4/c1-7(14)6-13(2)10(15)9-8(11(16)17)4-3-5-12-9/h3-5,7,14H,6H2,1-2H3,(H,16,17). The monoisotopic (exact) mass is 238 g/mol. The van der Waals surface area contributed by atoms with Gasteiger partial charge in [0.15, 0.2) is 0 Å². The second kappa shape index (κ2) is 5.40. The average Bonchev–Trinajstić information content (AvgIpc) is 2.27. The first-order valence-corrected chi connectivity index (χ1v) is 5.05. The normalized spacial score (nSPS) is 11.9. The van der Waals surface area contributed by atoms with Crippen molar-refractivity contribution in [3.63, 3.8) is 0 Å². The molecule has 1 unspecified atom stereocenters. The molecule has 6 heteroatoms. The quantitative estimate of drug-likeness (QED) is 0.783. The molecule has 0 spiro atoms. The van der Waals surface area contributed by atoms with Crippen LogP contribution in [0.3, 0.4) is 0 Å². The zero-order chi connectivity index (χ0) is 13.0. The summed E-state index contributed by atoms with van der Waals surface area (Å²) in [7, 11) is 1.48. The van der Waals surface area contributed by atoms with Crippen LogP contribution in [-0.2, 0) is 0 Å². The van der Waals surface area contributed by atoms with Gasteiger partial charge in [-0.1, -0.05) is 0 Å². The van der Waals surface area contributed by atoms with Gasteiger partial charge < -0.3 is 15.1 Å². The molecule has 1 amide bonds. The Morgan fingerprint density at radius 2 is 2.18 bits per heavy atom. The summed E-state index contributed by atoms with van der Waals surface area (Å²) >= 11 is 0. The van der Waals surface area contributed by atoms with Crippen LogP contribution in [0, 0.1) is 0 Å². The molecule has 0 saturated heterocycles. The number of pyridine rings is 1. The van der Waals surface area contributed by atoms with Crippen LogP contribution < -0.4 is 0 Å². The van der Waals surface area contributed by atoms with Gasteiger partial charge in [0.2, 0.25) is 0 Å². The van der Waals surface area contributed by atoms with Crippen LogP contribution in [-0.4, -0.2) is 51.7 Å². The van der Waals surface area contributed by atoms with Crippen LogP contribution in [0.25, 0.3) is 0 Å². The average molecular weight is 238 g/mol. The SMILES string of the molecule is CC(O)CN(C)C(=O)c1ncccc1C(=O)O. The van der Waals surface area contributed by atoms with Crippen molar-refractivity contribution in [1.29, 1.82) is 0 Å². The lowest BCUT2D eigenvalue weighted by Crippen LogP contribution is -2.34. The molecule has 1 rings (SSSR count). The summed E-state index contributed by atoms with van der Waals surface area (Å²) in [5, 5.41) is 18.1. The molecule has 1 atom stereocenters. The molecule has 6 nitrogen and oxygen atoms in total. The molecule has 0 bridgehead atoms. The number of aromatic nitrogens is 1. The molecule has 2 N–H and O–H groups in total. The summed E-state index contributed by atoms with van der Waals surface area (Å²) in [5.41, 5.74) is -0.266. The molecule has 1 aromatic rings. The summed E-state index contributed by atoms with van der Waals surface area (Å²) in [6.45, 7) is 1.66. The van der Waals surface area contributed by atoms with E-state index in [9.17, 15) is 9.59 Å². The molecule has 0 aliphatic carbocycles. The Morgan fingerprint density at radius 3 is 2.71 bits per heavy atom. The number of carboxylic acid groups (broad SMARTS) is 1. The third-order valence-corrected chi connectivity index (χ3v) is 2.13. The number of aromatic carboxylic acids is 1. The smallest absolute Gasteiger partial charge is 0.338 e. The largest absolute Gasteiger partial charge is 0.478 e. The summed E-state index contributed by atoms with van der Waals surface area (Å²) in [6, 6.07) is 2.77. The van der Waals surface area contributed by atoms with E-state index < -0.39 is 18.0 Å². The van der Waals surface area contributed by atoms with Crippen molar-refractivity contribution in [1.82, 2.24) is 9.88 Å². The van der Waals surface area contributed by atoms with Crippen molar-refractivity contribution in [2.24, 2.45) is 0 Å². The number of amides is 1. The van der Waals surface area contributed by atoms with Gasteiger partial charge in [0, 0.05) is 19.8 Å². The minimum Gasteiger partial charge on any atom is -0.478 e. The van der Waals surface area contributed by atoms with Crippen molar-refractivity contribution in [3.8, 4) is 0 Å². The Morgan fingerprint density at radius 1 is 1.53 bits per heavy atom. The Balaban J connectivity index is 3.00. The Labute approximate surface area is 98.5 Å². The zero-order valence-corrected chi connectivity index (χ0v) is 9.62. The van der Waals surface area contributed by atoms with Gasteiger partial charge >= 0.3 is 5.97 Å². The molecule has 0 fully saturated rings. The zero-order valence-electron chi connectivity index (χ0n) is 9.62. The summed E-state index contributed by atoms with van der Waals surface area (Å²) < 4.78 is 0. The number of rotatable bonds is 4. The molecule has 0 saturated carbocycles. The molecular weight excluding hydrogens is 224 g/mol. The highest BCUT2D eigenvalue weighted by atomic mass is 16.4. The lowest BCUT2D eigenvalue weighted by molar-refractivity contribution is 0.0657. The Kier molecular flexibility index (Phi) is 4.17. The van der Waals surface area contributed by atoms with E-state index in [0.29, 0.717) is 0 Å². The summed E-state index contributed by atoms with van der Waals surface area (Å²) in [4.78, 5) is 27.8. The molecule has 0 aliphatic heterocycles. The lowest BCUT2D eigenvalue weighted by atomic mass is 10.1. The number of aliphatic hydroxyl groups is 1. The Bertz CT molecular complexity index is 431. The molecule has 0 aromatic carbocycles. The van der Waals surface area contributed by atoms with Gasteiger partial charge in [0.25, 0.3) is 5.91 Å². The van der Waals surface area contributed by atoms with Gasteiger partial charge in [-0.2, -0.15) is 0 Å². The van der Waals surface area contributed by atoms with Crippen LogP contribution in [0.4, 0.5) is 0 Å². The van der Waals surface area contributed by atoms with E-state index in [-0.39, 0.29) is 17.8 Å². The molecule has 0 aliphatic rings. The number of hydrogen-bond acceptors (Lipinski definition) is 4. The van der Waals surface area contributed by atoms with Crippen LogP contribution >= 0.6 is 0 Å². The van der Waals surface area contributed by atoms with Crippen LogP contribution in [0.1, 0.15) is 27.8 Å². The molecule has 1 aromatic heterocycles. The van der Waals surface area contributed by atoms with Crippen LogP contribution in [0.15, 0.2) is 18.3 Å². The fourth-order valence-corrected chi connectivity index (χ4v) is 1.41. The van der Waals surface area contributed by atoms with Gasteiger partial charge in [0.05, 0.1) is 11.7 Å². The van der Waals surface area contributed by atoms with E-state index in [1.54, 1.807) is 6.92 Å². The first kappa shape index (κ1) is 13.1. The fourth-order valence-electron chi connectivity index (χ4n) is 1.41.